The van der Waals surface area contributed by atoms with Gasteiger partial charge in [0.15, 0.2) is 11.5 Å². The number of aliphatic hydroxyl groups is 1. The standard InChI is InChI=1S/C32H34N2O6S/c1-22(33-27(17-23-9-5-3-6-10-23)25-13-16-30-31(19-25)40-21-39-30)32(35)26-14-15-29(28(18-26)34-41(2,36)37)38-20-24-11-7-4-8-12-24/h3-16,18-19,22,27,32-35H,17,20-21H2,1-2H3/t22-,27-,32+/m1/s1. The third kappa shape index (κ3) is 7.58. The first kappa shape index (κ1) is 28.5. The Hall–Kier alpha value is -4.05. The number of benzene rings is 4. The Morgan fingerprint density at radius 3 is 2.22 bits per heavy atom. The molecule has 41 heavy (non-hydrogen) atoms. The molecule has 0 fully saturated rings. The monoisotopic (exact) mass is 574 g/mol. The van der Waals surface area contributed by atoms with Crippen molar-refractivity contribution in [3.63, 3.8) is 0 Å². The molecule has 214 valence electrons. The predicted octanol–water partition coefficient (Wildman–Crippen LogP) is 5.36. The van der Waals surface area contributed by atoms with Crippen molar-refractivity contribution in [3.05, 3.63) is 119 Å². The van der Waals surface area contributed by atoms with Crippen molar-refractivity contribution >= 4 is 15.7 Å². The maximum absolute atomic E-state index is 12.1. The van der Waals surface area contributed by atoms with Gasteiger partial charge in [-0.3, -0.25) is 4.72 Å². The van der Waals surface area contributed by atoms with Crippen LogP contribution in [0.1, 0.15) is 41.3 Å². The SMILES string of the molecule is C[C@@H](N[C@H](Cc1ccccc1)c1ccc2c(c1)OCO2)[C@H](O)c1ccc(OCc2ccccc2)c(NS(C)(=O)=O)c1. The van der Waals surface area contributed by atoms with Gasteiger partial charge in [0.1, 0.15) is 12.4 Å². The molecule has 0 unspecified atom stereocenters. The zero-order valence-corrected chi connectivity index (χ0v) is 23.8. The molecule has 9 heteroatoms. The number of rotatable bonds is 12. The molecule has 4 aromatic rings. The van der Waals surface area contributed by atoms with Crippen LogP contribution in [0.25, 0.3) is 0 Å². The van der Waals surface area contributed by atoms with Crippen LogP contribution in [-0.2, 0) is 23.1 Å². The summed E-state index contributed by atoms with van der Waals surface area (Å²) in [6.07, 6.45) is 0.830. The van der Waals surface area contributed by atoms with E-state index >= 15 is 0 Å². The van der Waals surface area contributed by atoms with Crippen LogP contribution in [0, 0.1) is 0 Å². The van der Waals surface area contributed by atoms with E-state index < -0.39 is 22.2 Å². The summed E-state index contributed by atoms with van der Waals surface area (Å²) in [4.78, 5) is 0. The van der Waals surface area contributed by atoms with Crippen molar-refractivity contribution in [2.24, 2.45) is 0 Å². The Morgan fingerprint density at radius 2 is 1.51 bits per heavy atom. The summed E-state index contributed by atoms with van der Waals surface area (Å²) < 4.78 is 43.8. The highest BCUT2D eigenvalue weighted by Gasteiger charge is 2.25. The van der Waals surface area contributed by atoms with E-state index in [4.69, 9.17) is 14.2 Å². The largest absolute Gasteiger partial charge is 0.487 e. The molecular formula is C32H34N2O6S. The predicted molar refractivity (Wildman–Crippen MR) is 159 cm³/mol. The average Bonchev–Trinajstić information content (AvgIpc) is 3.44. The molecule has 0 bridgehead atoms. The number of anilines is 1. The molecule has 0 aromatic heterocycles. The summed E-state index contributed by atoms with van der Waals surface area (Å²) in [7, 11) is -3.59. The highest BCUT2D eigenvalue weighted by molar-refractivity contribution is 7.92. The Balaban J connectivity index is 1.37. The average molecular weight is 575 g/mol. The zero-order valence-electron chi connectivity index (χ0n) is 23.0. The smallest absolute Gasteiger partial charge is 0.231 e. The molecule has 0 spiro atoms. The van der Waals surface area contributed by atoms with Gasteiger partial charge in [-0.25, -0.2) is 8.42 Å². The molecule has 8 nitrogen and oxygen atoms in total. The van der Waals surface area contributed by atoms with E-state index in [1.807, 2.05) is 73.7 Å². The Bertz CT molecular complexity index is 1560. The highest BCUT2D eigenvalue weighted by Crippen LogP contribution is 2.36. The third-order valence-corrected chi connectivity index (χ3v) is 7.49. The van der Waals surface area contributed by atoms with Crippen LogP contribution in [0.5, 0.6) is 17.2 Å². The first-order chi connectivity index (χ1) is 19.7. The van der Waals surface area contributed by atoms with Crippen LogP contribution in [0.3, 0.4) is 0 Å². The second-order valence-corrected chi connectivity index (χ2v) is 11.9. The molecule has 3 N–H and O–H groups in total. The molecule has 0 saturated carbocycles. The number of aliphatic hydroxyl groups excluding tert-OH is 1. The molecule has 1 aliphatic heterocycles. The minimum absolute atomic E-state index is 0.140. The summed E-state index contributed by atoms with van der Waals surface area (Å²) in [6, 6.07) is 30.1. The fraction of sp³-hybridized carbons (Fsp3) is 0.250. The topological polar surface area (TPSA) is 106 Å². The van der Waals surface area contributed by atoms with Crippen LogP contribution in [-0.4, -0.2) is 32.6 Å². The van der Waals surface area contributed by atoms with E-state index in [2.05, 4.69) is 22.2 Å². The quantitative estimate of drug-likeness (QED) is 0.209. The van der Waals surface area contributed by atoms with E-state index in [-0.39, 0.29) is 25.1 Å². The van der Waals surface area contributed by atoms with Crippen molar-refractivity contribution in [3.8, 4) is 17.2 Å². The minimum atomic E-state index is -3.59. The summed E-state index contributed by atoms with van der Waals surface area (Å²) in [5.41, 5.74) is 3.91. The van der Waals surface area contributed by atoms with Crippen molar-refractivity contribution in [2.45, 2.75) is 38.1 Å². The van der Waals surface area contributed by atoms with Gasteiger partial charge in [0, 0.05) is 12.1 Å². The van der Waals surface area contributed by atoms with Crippen LogP contribution < -0.4 is 24.2 Å². The van der Waals surface area contributed by atoms with Crippen molar-refractivity contribution < 1.29 is 27.7 Å². The number of hydrogen-bond acceptors (Lipinski definition) is 7. The molecule has 3 atom stereocenters. The van der Waals surface area contributed by atoms with E-state index in [0.29, 0.717) is 29.2 Å². The van der Waals surface area contributed by atoms with Gasteiger partial charge >= 0.3 is 0 Å². The van der Waals surface area contributed by atoms with Gasteiger partial charge in [0.25, 0.3) is 0 Å². The number of fused-ring (bicyclic) bond motifs is 1. The number of nitrogens with one attached hydrogen (secondary N) is 2. The molecule has 0 aliphatic carbocycles. The summed E-state index contributed by atoms with van der Waals surface area (Å²) in [5, 5.41) is 15.0. The number of sulfonamides is 1. The van der Waals surface area contributed by atoms with Gasteiger partial charge < -0.3 is 24.6 Å². The maximum Gasteiger partial charge on any atom is 0.231 e. The van der Waals surface area contributed by atoms with Gasteiger partial charge in [-0.1, -0.05) is 72.8 Å². The van der Waals surface area contributed by atoms with Crippen molar-refractivity contribution in [2.75, 3.05) is 17.8 Å². The Labute approximate surface area is 241 Å². The molecule has 0 saturated heterocycles. The van der Waals surface area contributed by atoms with Gasteiger partial charge in [0.2, 0.25) is 16.8 Å². The van der Waals surface area contributed by atoms with Gasteiger partial charge in [0.05, 0.1) is 18.0 Å². The molecule has 1 aliphatic rings. The Kier molecular flexibility index (Phi) is 8.78. The van der Waals surface area contributed by atoms with E-state index in [9.17, 15) is 13.5 Å². The van der Waals surface area contributed by atoms with Gasteiger partial charge in [-0.05, 0) is 59.9 Å². The van der Waals surface area contributed by atoms with Gasteiger partial charge in [-0.2, -0.15) is 0 Å². The molecule has 1 heterocycles. The lowest BCUT2D eigenvalue weighted by Gasteiger charge is -2.28. The molecule has 4 aromatic carbocycles. The maximum atomic E-state index is 12.1. The number of hydrogen-bond donors (Lipinski definition) is 3. The second-order valence-electron chi connectivity index (χ2n) is 10.2. The van der Waals surface area contributed by atoms with Crippen LogP contribution in [0.2, 0.25) is 0 Å². The van der Waals surface area contributed by atoms with E-state index in [0.717, 1.165) is 22.9 Å². The van der Waals surface area contributed by atoms with Crippen LogP contribution >= 0.6 is 0 Å². The fourth-order valence-electron chi connectivity index (χ4n) is 4.82. The van der Waals surface area contributed by atoms with Crippen LogP contribution in [0.15, 0.2) is 97.1 Å². The highest BCUT2D eigenvalue weighted by atomic mass is 32.2. The second kappa shape index (κ2) is 12.6. The van der Waals surface area contributed by atoms with E-state index in [1.54, 1.807) is 18.2 Å². The van der Waals surface area contributed by atoms with Crippen molar-refractivity contribution in [1.29, 1.82) is 0 Å². The minimum Gasteiger partial charge on any atom is -0.487 e. The summed E-state index contributed by atoms with van der Waals surface area (Å²) in [5.74, 6) is 1.78. The molecule has 0 radical (unpaired) electrons. The lowest BCUT2D eigenvalue weighted by Crippen LogP contribution is -2.36. The van der Waals surface area contributed by atoms with Crippen LogP contribution in [0.4, 0.5) is 5.69 Å². The zero-order chi connectivity index (χ0) is 28.8. The van der Waals surface area contributed by atoms with Gasteiger partial charge in [-0.15, -0.1) is 0 Å². The molecular weight excluding hydrogens is 540 g/mol. The molecule has 5 rings (SSSR count). The van der Waals surface area contributed by atoms with E-state index in [1.165, 1.54) is 0 Å². The van der Waals surface area contributed by atoms with Crippen molar-refractivity contribution in [1.82, 2.24) is 5.32 Å². The fourth-order valence-corrected chi connectivity index (χ4v) is 5.38. The normalized spacial score (nSPS) is 14.7. The Morgan fingerprint density at radius 1 is 0.854 bits per heavy atom. The summed E-state index contributed by atoms with van der Waals surface area (Å²) in [6.45, 7) is 2.37. The summed E-state index contributed by atoms with van der Waals surface area (Å²) >= 11 is 0. The lowest BCUT2D eigenvalue weighted by molar-refractivity contribution is 0.129. The molecule has 0 amide bonds. The number of ether oxygens (including phenoxy) is 3. The lowest BCUT2D eigenvalue weighted by atomic mass is 9.95. The first-order valence-electron chi connectivity index (χ1n) is 13.4. The third-order valence-electron chi connectivity index (χ3n) is 6.90. The first-order valence-corrected chi connectivity index (χ1v) is 15.3.